The molecule has 4 bridgehead atoms. The minimum atomic E-state index is -0.479. The van der Waals surface area contributed by atoms with Gasteiger partial charge in [-0.1, -0.05) is 17.7 Å². The molecule has 146 valence electrons. The minimum Gasteiger partial charge on any atom is -0.390 e. The van der Waals surface area contributed by atoms with Crippen molar-refractivity contribution in [1.82, 2.24) is 10.3 Å². The van der Waals surface area contributed by atoms with Gasteiger partial charge < -0.3 is 15.7 Å². The molecule has 4 aliphatic rings. The lowest BCUT2D eigenvalue weighted by molar-refractivity contribution is -0.136. The summed E-state index contributed by atoms with van der Waals surface area (Å²) in [5, 5.41) is 17.8. The van der Waals surface area contributed by atoms with Crippen LogP contribution in [0.5, 0.6) is 0 Å². The van der Waals surface area contributed by atoms with Crippen LogP contribution in [0.15, 0.2) is 42.6 Å². The summed E-state index contributed by atoms with van der Waals surface area (Å²) in [5.41, 5.74) is 0.959. The maximum Gasteiger partial charge on any atom is 0.251 e. The van der Waals surface area contributed by atoms with Gasteiger partial charge in [-0.25, -0.2) is 4.98 Å². The van der Waals surface area contributed by atoms with Crippen LogP contribution >= 0.6 is 11.6 Å². The summed E-state index contributed by atoms with van der Waals surface area (Å²) in [6, 6.07) is 11.2. The first kappa shape index (κ1) is 18.0. The van der Waals surface area contributed by atoms with Crippen molar-refractivity contribution in [3.8, 4) is 0 Å². The smallest absolute Gasteiger partial charge is 0.251 e. The number of aliphatic hydroxyl groups is 1. The Morgan fingerprint density at radius 1 is 1.14 bits per heavy atom. The second kappa shape index (κ2) is 6.75. The number of rotatable bonds is 4. The van der Waals surface area contributed by atoms with Crippen LogP contribution in [0.2, 0.25) is 5.02 Å². The lowest BCUT2D eigenvalue weighted by Crippen LogP contribution is -2.61. The predicted molar refractivity (Wildman–Crippen MR) is 109 cm³/mol. The highest BCUT2D eigenvalue weighted by Crippen LogP contribution is 2.55. The van der Waals surface area contributed by atoms with E-state index in [4.69, 9.17) is 11.6 Å². The number of carbonyl (C=O) groups excluding carboxylic acids is 1. The van der Waals surface area contributed by atoms with E-state index in [1.54, 1.807) is 18.3 Å². The van der Waals surface area contributed by atoms with Crippen molar-refractivity contribution in [3.05, 3.63) is 53.2 Å². The molecule has 5 nitrogen and oxygen atoms in total. The third-order valence-corrected chi connectivity index (χ3v) is 6.89. The van der Waals surface area contributed by atoms with Crippen LogP contribution in [-0.2, 0) is 0 Å². The van der Waals surface area contributed by atoms with Gasteiger partial charge in [0.1, 0.15) is 5.82 Å². The minimum absolute atomic E-state index is 0.0443. The molecular weight excluding hydrogens is 374 g/mol. The van der Waals surface area contributed by atoms with Crippen LogP contribution in [0, 0.1) is 17.8 Å². The normalized spacial score (nSPS) is 32.9. The Morgan fingerprint density at radius 3 is 2.61 bits per heavy atom. The molecule has 6 heteroatoms. The van der Waals surface area contributed by atoms with Gasteiger partial charge in [0.25, 0.3) is 5.91 Å². The summed E-state index contributed by atoms with van der Waals surface area (Å²) in [5.74, 6) is 2.07. The quantitative estimate of drug-likeness (QED) is 0.724. The molecule has 0 spiro atoms. The first-order valence-corrected chi connectivity index (χ1v) is 10.4. The summed E-state index contributed by atoms with van der Waals surface area (Å²) >= 11 is 5.88. The molecule has 4 aliphatic carbocycles. The third-order valence-electron chi connectivity index (χ3n) is 6.66. The van der Waals surface area contributed by atoms with E-state index in [-0.39, 0.29) is 11.9 Å². The zero-order chi connectivity index (χ0) is 19.3. The molecule has 6 rings (SSSR count). The van der Waals surface area contributed by atoms with Crippen molar-refractivity contribution in [1.29, 1.82) is 0 Å². The van der Waals surface area contributed by atoms with Gasteiger partial charge >= 0.3 is 0 Å². The van der Waals surface area contributed by atoms with Gasteiger partial charge in [-0.3, -0.25) is 4.79 Å². The summed E-state index contributed by atoms with van der Waals surface area (Å²) in [6.07, 6.45) is 6.46. The topological polar surface area (TPSA) is 74.2 Å². The summed E-state index contributed by atoms with van der Waals surface area (Å²) in [6.45, 7) is 0. The number of halogens is 1. The van der Waals surface area contributed by atoms with Crippen LogP contribution in [0.4, 0.5) is 11.5 Å². The molecule has 2 atom stereocenters. The monoisotopic (exact) mass is 397 g/mol. The number of nitrogens with one attached hydrogen (secondary N) is 2. The Balaban J connectivity index is 1.29. The van der Waals surface area contributed by atoms with Crippen LogP contribution < -0.4 is 10.6 Å². The first-order valence-electron chi connectivity index (χ1n) is 9.99. The van der Waals surface area contributed by atoms with Crippen LogP contribution in [-0.4, -0.2) is 27.6 Å². The molecule has 28 heavy (non-hydrogen) atoms. The zero-order valence-electron chi connectivity index (χ0n) is 15.6. The Hall–Kier alpha value is -2.11. The van der Waals surface area contributed by atoms with Gasteiger partial charge in [0.05, 0.1) is 10.6 Å². The third kappa shape index (κ3) is 3.38. The van der Waals surface area contributed by atoms with Crippen LogP contribution in [0.3, 0.4) is 0 Å². The van der Waals surface area contributed by atoms with Crippen LogP contribution in [0.25, 0.3) is 0 Å². The fraction of sp³-hybridized carbons (Fsp3) is 0.455. The van der Waals surface area contributed by atoms with Gasteiger partial charge in [-0.15, -0.1) is 0 Å². The largest absolute Gasteiger partial charge is 0.390 e. The SMILES string of the molecule is O=C(NC1C2CC3CC1CC(O)(C3)C2)c1cccc(Nc2ccc(Cl)cn2)c1. The number of amides is 1. The molecular formula is C22H24ClN3O2. The van der Waals surface area contributed by atoms with Gasteiger partial charge in [-0.2, -0.15) is 0 Å². The second-order valence-corrected chi connectivity index (χ2v) is 9.20. The van der Waals surface area contributed by atoms with E-state index in [0.29, 0.717) is 34.2 Å². The molecule has 2 aromatic rings. The van der Waals surface area contributed by atoms with Crippen molar-refractivity contribution in [3.63, 3.8) is 0 Å². The average molecular weight is 398 g/mol. The standard InChI is InChI=1S/C22H24ClN3O2/c23-17-4-5-19(24-12-17)25-18-3-1-2-14(8-18)21(27)26-20-15-6-13-7-16(20)11-22(28,9-13)10-15/h1-5,8,12-13,15-16,20,28H,6-7,9-11H2,(H,24,25)(H,26,27). The molecule has 1 aromatic heterocycles. The lowest BCUT2D eigenvalue weighted by atomic mass is 9.52. The number of hydrogen-bond donors (Lipinski definition) is 3. The molecule has 3 N–H and O–H groups in total. The number of benzene rings is 1. The Bertz CT molecular complexity index is 885. The van der Waals surface area contributed by atoms with Crippen molar-refractivity contribution < 1.29 is 9.90 Å². The molecule has 2 unspecified atom stereocenters. The van der Waals surface area contributed by atoms with Crippen molar-refractivity contribution in [2.24, 2.45) is 17.8 Å². The molecule has 1 amide bonds. The van der Waals surface area contributed by atoms with E-state index >= 15 is 0 Å². The number of anilines is 2. The summed E-state index contributed by atoms with van der Waals surface area (Å²) < 4.78 is 0. The number of carbonyl (C=O) groups is 1. The highest BCUT2D eigenvalue weighted by molar-refractivity contribution is 6.30. The highest BCUT2D eigenvalue weighted by Gasteiger charge is 2.55. The lowest BCUT2D eigenvalue weighted by Gasteiger charge is -2.58. The van der Waals surface area contributed by atoms with Crippen molar-refractivity contribution >= 4 is 29.0 Å². The number of nitrogens with zero attached hydrogens (tertiary/aromatic N) is 1. The molecule has 1 heterocycles. The number of hydrogen-bond acceptors (Lipinski definition) is 4. The van der Waals surface area contributed by atoms with E-state index < -0.39 is 5.60 Å². The van der Waals surface area contributed by atoms with E-state index in [1.807, 2.05) is 24.3 Å². The summed E-state index contributed by atoms with van der Waals surface area (Å²) in [4.78, 5) is 17.2. The molecule has 0 radical (unpaired) electrons. The number of pyridine rings is 1. The first-order chi connectivity index (χ1) is 13.5. The van der Waals surface area contributed by atoms with Gasteiger partial charge in [0.2, 0.25) is 0 Å². The predicted octanol–water partition coefficient (Wildman–Crippen LogP) is 4.15. The Kier molecular flexibility index (Phi) is 4.33. The molecule has 4 fully saturated rings. The molecule has 0 aliphatic heterocycles. The molecule has 4 saturated carbocycles. The van der Waals surface area contributed by atoms with E-state index in [2.05, 4.69) is 15.6 Å². The van der Waals surface area contributed by atoms with Crippen molar-refractivity contribution in [2.45, 2.75) is 43.7 Å². The Morgan fingerprint density at radius 2 is 1.93 bits per heavy atom. The van der Waals surface area contributed by atoms with Crippen LogP contribution in [0.1, 0.15) is 42.5 Å². The van der Waals surface area contributed by atoms with Crippen molar-refractivity contribution in [2.75, 3.05) is 5.32 Å². The number of aromatic nitrogens is 1. The van der Waals surface area contributed by atoms with Gasteiger partial charge in [0.15, 0.2) is 0 Å². The second-order valence-electron chi connectivity index (χ2n) is 8.76. The maximum absolute atomic E-state index is 12.9. The Labute approximate surface area is 169 Å². The van der Waals surface area contributed by atoms with Gasteiger partial charge in [-0.05, 0) is 80.2 Å². The van der Waals surface area contributed by atoms with E-state index in [0.717, 1.165) is 37.8 Å². The fourth-order valence-electron chi connectivity index (χ4n) is 5.79. The highest BCUT2D eigenvalue weighted by atomic mass is 35.5. The van der Waals surface area contributed by atoms with E-state index in [1.165, 1.54) is 0 Å². The fourth-order valence-corrected chi connectivity index (χ4v) is 5.90. The van der Waals surface area contributed by atoms with E-state index in [9.17, 15) is 9.90 Å². The zero-order valence-corrected chi connectivity index (χ0v) is 16.3. The summed E-state index contributed by atoms with van der Waals surface area (Å²) in [7, 11) is 0. The molecule has 1 aromatic carbocycles. The molecule has 0 saturated heterocycles. The van der Waals surface area contributed by atoms with Gasteiger partial charge in [0, 0.05) is 23.5 Å². The maximum atomic E-state index is 12.9. The average Bonchev–Trinajstić information content (AvgIpc) is 2.65.